The van der Waals surface area contributed by atoms with Crippen LogP contribution in [0.15, 0.2) is 0 Å². The fourth-order valence-electron chi connectivity index (χ4n) is 3.36. The first kappa shape index (κ1) is 17.7. The van der Waals surface area contributed by atoms with E-state index in [-0.39, 0.29) is 0 Å². The number of nitrogens with zero attached hydrogens (tertiary/aromatic N) is 3. The zero-order valence-corrected chi connectivity index (χ0v) is 14.6. The number of carbonyl (C=O) groups is 1. The minimum Gasteiger partial charge on any atom is -0.378 e. The van der Waals surface area contributed by atoms with Crippen molar-refractivity contribution in [3.8, 4) is 0 Å². The van der Waals surface area contributed by atoms with Crippen molar-refractivity contribution in [1.29, 1.82) is 0 Å². The lowest BCUT2D eigenvalue weighted by Crippen LogP contribution is -2.45. The highest BCUT2D eigenvalue weighted by molar-refractivity contribution is 5.78. The molecule has 0 aromatic carbocycles. The standard InChI is InChI=1S/C17H33N3O2/c1-15-5-9-19(13-15)14-17(21)20-10-6-16(7-11-20)22-12-4-8-18(2)3/h15-16H,4-14H2,1-3H3/t15-/m0/s1. The maximum Gasteiger partial charge on any atom is 0.236 e. The molecular weight excluding hydrogens is 278 g/mol. The summed E-state index contributed by atoms with van der Waals surface area (Å²) in [6.45, 7) is 8.67. The minimum atomic E-state index is 0.306. The fourth-order valence-corrected chi connectivity index (χ4v) is 3.36. The number of piperidine rings is 1. The van der Waals surface area contributed by atoms with Crippen LogP contribution in [0, 0.1) is 5.92 Å². The highest BCUT2D eigenvalue weighted by atomic mass is 16.5. The Bertz CT molecular complexity index is 341. The van der Waals surface area contributed by atoms with E-state index >= 15 is 0 Å². The third kappa shape index (κ3) is 5.86. The number of hydrogen-bond acceptors (Lipinski definition) is 4. The van der Waals surface area contributed by atoms with Crippen molar-refractivity contribution in [2.75, 3.05) is 60.0 Å². The molecule has 0 aromatic heterocycles. The van der Waals surface area contributed by atoms with Crippen LogP contribution in [0.25, 0.3) is 0 Å². The summed E-state index contributed by atoms with van der Waals surface area (Å²) in [5.74, 6) is 1.05. The molecule has 0 bridgehead atoms. The van der Waals surface area contributed by atoms with E-state index in [9.17, 15) is 4.79 Å². The number of hydrogen-bond donors (Lipinski definition) is 0. The molecule has 5 nitrogen and oxygen atoms in total. The third-order valence-corrected chi connectivity index (χ3v) is 4.76. The second-order valence-electron chi connectivity index (χ2n) is 7.24. The SMILES string of the molecule is C[C@H]1CCN(CC(=O)N2CCC(OCCCN(C)C)CC2)C1. The Morgan fingerprint density at radius 2 is 1.91 bits per heavy atom. The average molecular weight is 311 g/mol. The van der Waals surface area contributed by atoms with E-state index in [0.29, 0.717) is 18.6 Å². The quantitative estimate of drug-likeness (QED) is 0.664. The summed E-state index contributed by atoms with van der Waals surface area (Å²) in [4.78, 5) is 18.9. The van der Waals surface area contributed by atoms with Gasteiger partial charge in [0.05, 0.1) is 12.6 Å². The normalized spacial score (nSPS) is 24.4. The molecule has 2 saturated heterocycles. The van der Waals surface area contributed by atoms with E-state index < -0.39 is 0 Å². The molecule has 0 aliphatic carbocycles. The van der Waals surface area contributed by atoms with Crippen molar-refractivity contribution in [2.45, 2.75) is 38.7 Å². The first-order valence-electron chi connectivity index (χ1n) is 8.81. The van der Waals surface area contributed by atoms with E-state index in [1.807, 2.05) is 4.90 Å². The van der Waals surface area contributed by atoms with Crippen LogP contribution in [0.3, 0.4) is 0 Å². The first-order chi connectivity index (χ1) is 10.5. The van der Waals surface area contributed by atoms with Gasteiger partial charge in [0, 0.05) is 26.2 Å². The highest BCUT2D eigenvalue weighted by Crippen LogP contribution is 2.17. The zero-order chi connectivity index (χ0) is 15.9. The number of amides is 1. The van der Waals surface area contributed by atoms with E-state index in [4.69, 9.17) is 4.74 Å². The van der Waals surface area contributed by atoms with Crippen LogP contribution in [0.1, 0.15) is 32.6 Å². The van der Waals surface area contributed by atoms with E-state index in [2.05, 4.69) is 30.8 Å². The summed E-state index contributed by atoms with van der Waals surface area (Å²) >= 11 is 0. The summed E-state index contributed by atoms with van der Waals surface area (Å²) in [6, 6.07) is 0. The molecule has 2 aliphatic rings. The Hall–Kier alpha value is -0.650. The second-order valence-corrected chi connectivity index (χ2v) is 7.24. The Labute approximate surface area is 135 Å². The highest BCUT2D eigenvalue weighted by Gasteiger charge is 2.26. The molecule has 0 unspecified atom stereocenters. The van der Waals surface area contributed by atoms with Gasteiger partial charge in [0.25, 0.3) is 0 Å². The molecule has 0 saturated carbocycles. The van der Waals surface area contributed by atoms with E-state index in [1.54, 1.807) is 0 Å². The van der Waals surface area contributed by atoms with Crippen molar-refractivity contribution >= 4 is 5.91 Å². The Kier molecular flexibility index (Phi) is 7.12. The number of carbonyl (C=O) groups excluding carboxylic acids is 1. The second kappa shape index (κ2) is 8.85. The molecule has 22 heavy (non-hydrogen) atoms. The fraction of sp³-hybridized carbons (Fsp3) is 0.941. The molecule has 128 valence electrons. The summed E-state index contributed by atoms with van der Waals surface area (Å²) in [5, 5.41) is 0. The number of likely N-dealkylation sites (tertiary alicyclic amines) is 2. The molecule has 0 spiro atoms. The van der Waals surface area contributed by atoms with Gasteiger partial charge in [-0.15, -0.1) is 0 Å². The van der Waals surface area contributed by atoms with Crippen molar-refractivity contribution < 1.29 is 9.53 Å². The molecule has 1 atom stereocenters. The summed E-state index contributed by atoms with van der Waals surface area (Å²) in [6.07, 6.45) is 4.64. The average Bonchev–Trinajstić information content (AvgIpc) is 2.89. The molecular formula is C17H33N3O2. The number of rotatable bonds is 7. The lowest BCUT2D eigenvalue weighted by Gasteiger charge is -2.33. The van der Waals surface area contributed by atoms with E-state index in [0.717, 1.165) is 64.5 Å². The molecule has 0 aromatic rings. The Morgan fingerprint density at radius 3 is 2.50 bits per heavy atom. The lowest BCUT2D eigenvalue weighted by molar-refractivity contribution is -0.134. The van der Waals surface area contributed by atoms with Gasteiger partial charge in [-0.05, 0) is 58.8 Å². The maximum absolute atomic E-state index is 12.3. The Morgan fingerprint density at radius 1 is 1.18 bits per heavy atom. The number of ether oxygens (including phenoxy) is 1. The summed E-state index contributed by atoms with van der Waals surface area (Å²) in [7, 11) is 4.18. The lowest BCUT2D eigenvalue weighted by atomic mass is 10.1. The molecule has 2 heterocycles. The van der Waals surface area contributed by atoms with Gasteiger partial charge in [0.15, 0.2) is 0 Å². The first-order valence-corrected chi connectivity index (χ1v) is 8.81. The smallest absolute Gasteiger partial charge is 0.236 e. The van der Waals surface area contributed by atoms with Gasteiger partial charge in [-0.1, -0.05) is 6.92 Å². The van der Waals surface area contributed by atoms with E-state index in [1.165, 1.54) is 6.42 Å². The van der Waals surface area contributed by atoms with Gasteiger partial charge in [0.1, 0.15) is 0 Å². The van der Waals surface area contributed by atoms with Crippen LogP contribution >= 0.6 is 0 Å². The van der Waals surface area contributed by atoms with Gasteiger partial charge in [-0.25, -0.2) is 0 Å². The molecule has 2 fully saturated rings. The molecule has 5 heteroatoms. The Balaban J connectivity index is 1.59. The van der Waals surface area contributed by atoms with Crippen LogP contribution in [0.5, 0.6) is 0 Å². The largest absolute Gasteiger partial charge is 0.378 e. The predicted octanol–water partition coefficient (Wildman–Crippen LogP) is 1.29. The molecule has 0 N–H and O–H groups in total. The van der Waals surface area contributed by atoms with Crippen LogP contribution in [-0.2, 0) is 9.53 Å². The monoisotopic (exact) mass is 311 g/mol. The maximum atomic E-state index is 12.3. The zero-order valence-electron chi connectivity index (χ0n) is 14.6. The molecule has 0 radical (unpaired) electrons. The van der Waals surface area contributed by atoms with Crippen LogP contribution in [0.2, 0.25) is 0 Å². The molecule has 1 amide bonds. The van der Waals surface area contributed by atoms with Gasteiger partial charge >= 0.3 is 0 Å². The van der Waals surface area contributed by atoms with Crippen molar-refractivity contribution in [3.63, 3.8) is 0 Å². The van der Waals surface area contributed by atoms with Crippen LogP contribution < -0.4 is 0 Å². The topological polar surface area (TPSA) is 36.0 Å². The molecule has 2 rings (SSSR count). The van der Waals surface area contributed by atoms with Gasteiger partial charge < -0.3 is 14.5 Å². The summed E-state index contributed by atoms with van der Waals surface area (Å²) < 4.78 is 5.93. The predicted molar refractivity (Wildman–Crippen MR) is 88.9 cm³/mol. The van der Waals surface area contributed by atoms with Crippen molar-refractivity contribution in [3.05, 3.63) is 0 Å². The van der Waals surface area contributed by atoms with Crippen LogP contribution in [0.4, 0.5) is 0 Å². The van der Waals surface area contributed by atoms with Crippen molar-refractivity contribution in [1.82, 2.24) is 14.7 Å². The van der Waals surface area contributed by atoms with Gasteiger partial charge in [-0.3, -0.25) is 9.69 Å². The minimum absolute atomic E-state index is 0.306. The van der Waals surface area contributed by atoms with Gasteiger partial charge in [-0.2, -0.15) is 0 Å². The van der Waals surface area contributed by atoms with Crippen molar-refractivity contribution in [2.24, 2.45) is 5.92 Å². The third-order valence-electron chi connectivity index (χ3n) is 4.76. The van der Waals surface area contributed by atoms with Gasteiger partial charge in [0.2, 0.25) is 5.91 Å². The van der Waals surface area contributed by atoms with Crippen LogP contribution in [-0.4, -0.2) is 86.7 Å². The summed E-state index contributed by atoms with van der Waals surface area (Å²) in [5.41, 5.74) is 0. The molecule has 2 aliphatic heterocycles.